The third-order valence-electron chi connectivity index (χ3n) is 9.37. The van der Waals surface area contributed by atoms with Gasteiger partial charge in [0, 0.05) is 33.3 Å². The van der Waals surface area contributed by atoms with Gasteiger partial charge in [-0.3, -0.25) is 0 Å². The molecule has 2 aromatic heterocycles. The van der Waals surface area contributed by atoms with Crippen LogP contribution >= 0.6 is 0 Å². The van der Waals surface area contributed by atoms with Gasteiger partial charge in [-0.15, -0.1) is 0 Å². The average Bonchev–Trinajstić information content (AvgIpc) is 3.61. The summed E-state index contributed by atoms with van der Waals surface area (Å²) in [7, 11) is 0. The summed E-state index contributed by atoms with van der Waals surface area (Å²) >= 11 is 0. The molecule has 0 amide bonds. The predicted octanol–water partition coefficient (Wildman–Crippen LogP) is 11.7. The van der Waals surface area contributed by atoms with Crippen molar-refractivity contribution in [2.24, 2.45) is 0 Å². The van der Waals surface area contributed by atoms with E-state index in [1.807, 2.05) is 6.07 Å². The Hall–Kier alpha value is -5.86. The number of rotatable bonds is 1. The Bertz CT molecular complexity index is 2610. The van der Waals surface area contributed by atoms with Gasteiger partial charge < -0.3 is 8.98 Å². The number of furan rings is 1. The Labute approximate surface area is 254 Å². The first-order valence-electron chi connectivity index (χ1n) is 15.1. The molecule has 0 atom stereocenters. The molecule has 7 aromatic carbocycles. The number of fused-ring (bicyclic) bond motifs is 14. The minimum absolute atomic E-state index is 0.907. The van der Waals surface area contributed by atoms with Crippen LogP contribution in [-0.4, -0.2) is 4.57 Å². The van der Waals surface area contributed by atoms with Crippen LogP contribution in [0.25, 0.3) is 93.9 Å². The maximum absolute atomic E-state index is 6.37. The van der Waals surface area contributed by atoms with Gasteiger partial charge in [-0.2, -0.15) is 0 Å². The van der Waals surface area contributed by atoms with Crippen LogP contribution in [0.2, 0.25) is 0 Å². The highest BCUT2D eigenvalue weighted by Gasteiger charge is 2.23. The minimum atomic E-state index is 0.907. The van der Waals surface area contributed by atoms with Gasteiger partial charge in [0.1, 0.15) is 11.2 Å². The summed E-state index contributed by atoms with van der Waals surface area (Å²) in [6.07, 6.45) is 0. The Morgan fingerprint density at radius 1 is 0.318 bits per heavy atom. The molecule has 0 fully saturated rings. The third-order valence-corrected chi connectivity index (χ3v) is 9.37. The second kappa shape index (κ2) is 8.82. The molecule has 2 heterocycles. The quantitative estimate of drug-likeness (QED) is 0.196. The maximum Gasteiger partial charge on any atom is 0.137 e. The fourth-order valence-corrected chi connectivity index (χ4v) is 7.45. The van der Waals surface area contributed by atoms with Gasteiger partial charge in [-0.1, -0.05) is 115 Å². The van der Waals surface area contributed by atoms with Crippen LogP contribution in [0, 0.1) is 0 Å². The lowest BCUT2D eigenvalue weighted by molar-refractivity contribution is 0.669. The predicted molar refractivity (Wildman–Crippen MR) is 183 cm³/mol. The van der Waals surface area contributed by atoms with Crippen LogP contribution in [0.3, 0.4) is 0 Å². The topological polar surface area (TPSA) is 18.1 Å². The smallest absolute Gasteiger partial charge is 0.137 e. The molecule has 44 heavy (non-hydrogen) atoms. The first-order valence-corrected chi connectivity index (χ1v) is 15.1. The van der Waals surface area contributed by atoms with Crippen molar-refractivity contribution in [1.29, 1.82) is 0 Å². The Morgan fingerprint density at radius 2 is 0.841 bits per heavy atom. The van der Waals surface area contributed by atoms with Crippen molar-refractivity contribution in [3.8, 4) is 50.2 Å². The SMILES string of the molecule is c1ccc2c(c1)-c1ccccc1-c1ccc(-n3c4ccccc4c4cc5c(cc43)oc3ccccc35)cc1-c1ccccc1-2. The van der Waals surface area contributed by atoms with Gasteiger partial charge in [0.15, 0.2) is 0 Å². The molecular formula is C42H25NO. The summed E-state index contributed by atoms with van der Waals surface area (Å²) in [5, 5.41) is 4.77. The minimum Gasteiger partial charge on any atom is -0.456 e. The van der Waals surface area contributed by atoms with Crippen LogP contribution in [0.15, 0.2) is 156 Å². The van der Waals surface area contributed by atoms with Crippen molar-refractivity contribution < 1.29 is 4.42 Å². The van der Waals surface area contributed by atoms with E-state index in [4.69, 9.17) is 4.42 Å². The van der Waals surface area contributed by atoms with E-state index < -0.39 is 0 Å². The molecule has 1 aliphatic carbocycles. The number of hydrogen-bond donors (Lipinski definition) is 0. The Balaban J connectivity index is 1.31. The zero-order valence-electron chi connectivity index (χ0n) is 23.8. The number of aromatic nitrogens is 1. The molecule has 0 spiro atoms. The van der Waals surface area contributed by atoms with Gasteiger partial charge in [0.2, 0.25) is 0 Å². The van der Waals surface area contributed by atoms with E-state index in [1.165, 1.54) is 60.8 Å². The van der Waals surface area contributed by atoms with Gasteiger partial charge >= 0.3 is 0 Å². The zero-order chi connectivity index (χ0) is 28.8. The molecule has 0 saturated carbocycles. The van der Waals surface area contributed by atoms with E-state index in [0.29, 0.717) is 0 Å². The molecule has 2 nitrogen and oxygen atoms in total. The van der Waals surface area contributed by atoms with Crippen molar-refractivity contribution in [2.45, 2.75) is 0 Å². The van der Waals surface area contributed by atoms with Gasteiger partial charge in [0.05, 0.1) is 11.0 Å². The summed E-state index contributed by atoms with van der Waals surface area (Å²) < 4.78 is 8.78. The maximum atomic E-state index is 6.37. The molecule has 9 aromatic rings. The van der Waals surface area contributed by atoms with Crippen molar-refractivity contribution in [2.75, 3.05) is 0 Å². The van der Waals surface area contributed by atoms with E-state index >= 15 is 0 Å². The largest absolute Gasteiger partial charge is 0.456 e. The van der Waals surface area contributed by atoms with Gasteiger partial charge in [-0.05, 0) is 74.8 Å². The molecule has 0 N–H and O–H groups in total. The summed E-state index contributed by atoms with van der Waals surface area (Å²) in [5.74, 6) is 0. The first-order chi connectivity index (χ1) is 21.8. The first kappa shape index (κ1) is 23.7. The normalized spacial score (nSPS) is 12.1. The molecule has 1 aliphatic rings. The number of hydrogen-bond acceptors (Lipinski definition) is 1. The molecule has 0 bridgehead atoms. The average molecular weight is 560 g/mol. The lowest BCUT2D eigenvalue weighted by atomic mass is 9.81. The van der Waals surface area contributed by atoms with Crippen LogP contribution in [0.1, 0.15) is 0 Å². The van der Waals surface area contributed by atoms with E-state index in [1.54, 1.807) is 0 Å². The number of nitrogens with zero attached hydrogens (tertiary/aromatic N) is 1. The molecule has 0 aliphatic heterocycles. The molecule has 0 unspecified atom stereocenters. The fraction of sp³-hybridized carbons (Fsp3) is 0. The lowest BCUT2D eigenvalue weighted by Crippen LogP contribution is -1.99. The summed E-state index contributed by atoms with van der Waals surface area (Å²) in [5.41, 5.74) is 15.3. The Morgan fingerprint density at radius 3 is 1.50 bits per heavy atom. The number of benzene rings is 7. The van der Waals surface area contributed by atoms with Crippen LogP contribution in [-0.2, 0) is 0 Å². The summed E-state index contributed by atoms with van der Waals surface area (Å²) in [6, 6.07) is 55.0. The molecule has 2 heteroatoms. The van der Waals surface area contributed by atoms with Crippen LogP contribution in [0.5, 0.6) is 0 Å². The van der Waals surface area contributed by atoms with Gasteiger partial charge in [0.25, 0.3) is 0 Å². The molecule has 10 rings (SSSR count). The molecule has 0 radical (unpaired) electrons. The second-order valence-corrected chi connectivity index (χ2v) is 11.7. The van der Waals surface area contributed by atoms with E-state index in [2.05, 4.69) is 150 Å². The van der Waals surface area contributed by atoms with E-state index in [0.717, 1.165) is 33.1 Å². The lowest BCUT2D eigenvalue weighted by Gasteiger charge is -2.23. The third kappa shape index (κ3) is 3.20. The van der Waals surface area contributed by atoms with Crippen molar-refractivity contribution in [1.82, 2.24) is 4.57 Å². The summed E-state index contributed by atoms with van der Waals surface area (Å²) in [4.78, 5) is 0. The molecule has 0 saturated heterocycles. The molecular weight excluding hydrogens is 534 g/mol. The van der Waals surface area contributed by atoms with Crippen molar-refractivity contribution >= 4 is 43.7 Å². The van der Waals surface area contributed by atoms with Crippen molar-refractivity contribution in [3.63, 3.8) is 0 Å². The summed E-state index contributed by atoms with van der Waals surface area (Å²) in [6.45, 7) is 0. The molecule has 204 valence electrons. The van der Waals surface area contributed by atoms with Crippen LogP contribution in [0.4, 0.5) is 0 Å². The standard InChI is InChI=1S/C42H25NO/c1-2-12-28-27(11-1)29-13-3-4-15-31(29)33-22-21-26(23-36(33)32-16-6-5-14-30(28)32)43-39-19-9-7-17-34(39)37-24-38-35-18-8-10-20-41(35)44-42(38)25-40(37)43/h1-25H. The fourth-order valence-electron chi connectivity index (χ4n) is 7.45. The highest BCUT2D eigenvalue weighted by Crippen LogP contribution is 2.48. The zero-order valence-corrected chi connectivity index (χ0v) is 23.8. The van der Waals surface area contributed by atoms with Crippen LogP contribution < -0.4 is 0 Å². The highest BCUT2D eigenvalue weighted by molar-refractivity contribution is 6.17. The van der Waals surface area contributed by atoms with E-state index in [-0.39, 0.29) is 0 Å². The van der Waals surface area contributed by atoms with Crippen molar-refractivity contribution in [3.05, 3.63) is 152 Å². The monoisotopic (exact) mass is 559 g/mol. The highest BCUT2D eigenvalue weighted by atomic mass is 16.3. The number of para-hydroxylation sites is 2. The van der Waals surface area contributed by atoms with Gasteiger partial charge in [-0.25, -0.2) is 0 Å². The van der Waals surface area contributed by atoms with E-state index in [9.17, 15) is 0 Å². The Kier molecular flexibility index (Phi) is 4.75. The second-order valence-electron chi connectivity index (χ2n) is 11.7.